The Hall–Kier alpha value is 0.440. The zero-order valence-electron chi connectivity index (χ0n) is 6.96. The largest absolute Gasteiger partial charge is 0.158 e. The van der Waals surface area contributed by atoms with E-state index in [-0.39, 0.29) is 0 Å². The summed E-state index contributed by atoms with van der Waals surface area (Å²) in [5, 5.41) is 2.93. The molecule has 0 saturated carbocycles. The van der Waals surface area contributed by atoms with Gasteiger partial charge in [0, 0.05) is 11.0 Å². The fraction of sp³-hybridized carbons (Fsp3) is 0.750. The summed E-state index contributed by atoms with van der Waals surface area (Å²) < 4.78 is 0. The van der Waals surface area contributed by atoms with Crippen molar-refractivity contribution in [3.63, 3.8) is 0 Å². The van der Waals surface area contributed by atoms with Gasteiger partial charge in [0.2, 0.25) is 0 Å². The molecule has 0 aliphatic carbocycles. The zero-order chi connectivity index (χ0) is 7.82. The molecule has 10 heavy (non-hydrogen) atoms. The molecule has 0 aromatic heterocycles. The van der Waals surface area contributed by atoms with E-state index < -0.39 is 0 Å². The van der Waals surface area contributed by atoms with Crippen LogP contribution in [0.15, 0.2) is 11.5 Å². The number of hydrogen-bond donors (Lipinski definition) is 0. The second kappa shape index (κ2) is 7.55. The normalized spacial score (nSPS) is 11.6. The molecule has 0 unspecified atom stereocenters. The highest BCUT2D eigenvalue weighted by molar-refractivity contribution is 8.02. The van der Waals surface area contributed by atoms with Crippen LogP contribution >= 0.6 is 23.5 Å². The zero-order valence-corrected chi connectivity index (χ0v) is 8.60. The fourth-order valence-corrected chi connectivity index (χ4v) is 1.55. The highest BCUT2D eigenvalue weighted by Gasteiger charge is 1.86. The van der Waals surface area contributed by atoms with E-state index in [2.05, 4.69) is 32.3 Å². The molecule has 0 saturated heterocycles. The van der Waals surface area contributed by atoms with Crippen molar-refractivity contribution in [3.05, 3.63) is 11.5 Å². The van der Waals surface area contributed by atoms with Crippen LogP contribution in [0.3, 0.4) is 0 Å². The molecule has 0 nitrogen and oxygen atoms in total. The van der Waals surface area contributed by atoms with Crippen LogP contribution in [0.25, 0.3) is 0 Å². The number of rotatable bonds is 5. The lowest BCUT2D eigenvalue weighted by atomic mass is 10.6. The van der Waals surface area contributed by atoms with E-state index in [0.717, 1.165) is 11.0 Å². The monoisotopic (exact) mass is 176 g/mol. The summed E-state index contributed by atoms with van der Waals surface area (Å²) in [5.41, 5.74) is 0. The molecule has 0 heterocycles. The molecule has 0 aromatic carbocycles. The first-order valence-corrected chi connectivity index (χ1v) is 5.75. The van der Waals surface area contributed by atoms with E-state index >= 15 is 0 Å². The Labute approximate surface area is 72.9 Å². The summed E-state index contributed by atoms with van der Waals surface area (Å²) >= 11 is 3.85. The SMILES string of the molecule is CCSC/C=C\SC(C)C. The van der Waals surface area contributed by atoms with Gasteiger partial charge in [-0.1, -0.05) is 26.8 Å². The summed E-state index contributed by atoms with van der Waals surface area (Å²) in [4.78, 5) is 0. The predicted octanol–water partition coefficient (Wildman–Crippen LogP) is 3.39. The molecule has 0 aromatic rings. The van der Waals surface area contributed by atoms with Crippen LogP contribution in [0, 0.1) is 0 Å². The van der Waals surface area contributed by atoms with Crippen molar-refractivity contribution >= 4 is 23.5 Å². The van der Waals surface area contributed by atoms with Gasteiger partial charge in [-0.2, -0.15) is 11.8 Å². The van der Waals surface area contributed by atoms with E-state index in [1.54, 1.807) is 0 Å². The van der Waals surface area contributed by atoms with Gasteiger partial charge in [-0.15, -0.1) is 11.8 Å². The molecule has 0 radical (unpaired) electrons. The van der Waals surface area contributed by atoms with Crippen molar-refractivity contribution < 1.29 is 0 Å². The summed E-state index contributed by atoms with van der Waals surface area (Å²) in [6.45, 7) is 6.61. The molecule has 0 amide bonds. The van der Waals surface area contributed by atoms with Crippen LogP contribution in [-0.4, -0.2) is 16.8 Å². The van der Waals surface area contributed by atoms with Gasteiger partial charge in [0.05, 0.1) is 0 Å². The van der Waals surface area contributed by atoms with Crippen LogP contribution in [0.5, 0.6) is 0 Å². The van der Waals surface area contributed by atoms with Gasteiger partial charge in [0.1, 0.15) is 0 Å². The lowest BCUT2D eigenvalue weighted by Crippen LogP contribution is -1.80. The van der Waals surface area contributed by atoms with Gasteiger partial charge >= 0.3 is 0 Å². The van der Waals surface area contributed by atoms with Gasteiger partial charge in [0.15, 0.2) is 0 Å². The molecule has 0 fully saturated rings. The molecule has 60 valence electrons. The summed E-state index contributed by atoms with van der Waals surface area (Å²) in [7, 11) is 0. The first kappa shape index (κ1) is 10.4. The number of thioether (sulfide) groups is 2. The predicted molar refractivity (Wildman–Crippen MR) is 54.9 cm³/mol. The standard InChI is InChI=1S/C8H16S2/c1-4-9-6-5-7-10-8(2)3/h5,7-8H,4,6H2,1-3H3/b7-5-. The molecular formula is C8H16S2. The smallest absolute Gasteiger partial charge is 0.0121 e. The van der Waals surface area contributed by atoms with E-state index in [0.29, 0.717) is 0 Å². The average Bonchev–Trinajstić information content (AvgIpc) is 1.87. The van der Waals surface area contributed by atoms with Crippen LogP contribution in [0.2, 0.25) is 0 Å². The fourth-order valence-electron chi connectivity index (χ4n) is 0.438. The van der Waals surface area contributed by atoms with Gasteiger partial charge in [0.25, 0.3) is 0 Å². The third-order valence-electron chi connectivity index (χ3n) is 0.865. The Balaban J connectivity index is 3.04. The molecule has 0 atom stereocenters. The van der Waals surface area contributed by atoms with Gasteiger partial charge < -0.3 is 0 Å². The quantitative estimate of drug-likeness (QED) is 0.589. The Morgan fingerprint density at radius 2 is 2.10 bits per heavy atom. The molecule has 0 N–H and O–H groups in total. The summed E-state index contributed by atoms with van der Waals surface area (Å²) in [5.74, 6) is 2.38. The Morgan fingerprint density at radius 3 is 2.60 bits per heavy atom. The van der Waals surface area contributed by atoms with Gasteiger partial charge in [-0.25, -0.2) is 0 Å². The van der Waals surface area contributed by atoms with Crippen molar-refractivity contribution in [2.45, 2.75) is 26.0 Å². The first-order chi connectivity index (χ1) is 4.77. The van der Waals surface area contributed by atoms with E-state index in [9.17, 15) is 0 Å². The molecule has 0 aliphatic heterocycles. The summed E-state index contributed by atoms with van der Waals surface area (Å²) in [6.07, 6.45) is 2.23. The average molecular weight is 176 g/mol. The van der Waals surface area contributed by atoms with Crippen molar-refractivity contribution in [1.82, 2.24) is 0 Å². The minimum atomic E-state index is 0.725. The van der Waals surface area contributed by atoms with Gasteiger partial charge in [-0.3, -0.25) is 0 Å². The van der Waals surface area contributed by atoms with E-state index in [1.807, 2.05) is 23.5 Å². The van der Waals surface area contributed by atoms with Crippen molar-refractivity contribution in [1.29, 1.82) is 0 Å². The second-order valence-corrected chi connectivity index (χ2v) is 5.02. The Kier molecular flexibility index (Phi) is 7.88. The molecule has 0 spiro atoms. The summed E-state index contributed by atoms with van der Waals surface area (Å²) in [6, 6.07) is 0. The van der Waals surface area contributed by atoms with Crippen LogP contribution in [-0.2, 0) is 0 Å². The molecular weight excluding hydrogens is 160 g/mol. The van der Waals surface area contributed by atoms with E-state index in [1.165, 1.54) is 5.75 Å². The van der Waals surface area contributed by atoms with Gasteiger partial charge in [-0.05, 0) is 11.2 Å². The minimum Gasteiger partial charge on any atom is -0.158 e. The van der Waals surface area contributed by atoms with Crippen LogP contribution in [0.1, 0.15) is 20.8 Å². The highest BCUT2D eigenvalue weighted by atomic mass is 32.2. The second-order valence-electron chi connectivity index (χ2n) is 2.22. The molecule has 0 aliphatic rings. The Morgan fingerprint density at radius 1 is 1.40 bits per heavy atom. The van der Waals surface area contributed by atoms with Crippen LogP contribution < -0.4 is 0 Å². The number of hydrogen-bond acceptors (Lipinski definition) is 2. The molecule has 0 rings (SSSR count). The molecule has 0 bridgehead atoms. The van der Waals surface area contributed by atoms with Crippen molar-refractivity contribution in [2.24, 2.45) is 0 Å². The van der Waals surface area contributed by atoms with Crippen molar-refractivity contribution in [3.8, 4) is 0 Å². The van der Waals surface area contributed by atoms with Crippen LogP contribution in [0.4, 0.5) is 0 Å². The van der Waals surface area contributed by atoms with E-state index in [4.69, 9.17) is 0 Å². The molecule has 2 heteroatoms. The maximum atomic E-state index is 2.23. The lowest BCUT2D eigenvalue weighted by Gasteiger charge is -1.95. The third kappa shape index (κ3) is 8.44. The maximum absolute atomic E-state index is 2.23. The topological polar surface area (TPSA) is 0 Å². The minimum absolute atomic E-state index is 0.725. The Bertz CT molecular complexity index is 87.3. The highest BCUT2D eigenvalue weighted by Crippen LogP contribution is 2.10. The third-order valence-corrected chi connectivity index (χ3v) is 2.60. The van der Waals surface area contributed by atoms with Crippen molar-refractivity contribution in [2.75, 3.05) is 11.5 Å². The first-order valence-electron chi connectivity index (χ1n) is 3.65. The maximum Gasteiger partial charge on any atom is 0.0121 e. The lowest BCUT2D eigenvalue weighted by molar-refractivity contribution is 1.12.